The topological polar surface area (TPSA) is 100 Å². The molecule has 0 radical (unpaired) electrons. The molecule has 0 fully saturated rings. The molecule has 0 aliphatic heterocycles. The molecule has 20 heavy (non-hydrogen) atoms. The molecule has 0 saturated heterocycles. The number of sulfonamides is 1. The first-order valence-electron chi connectivity index (χ1n) is 6.34. The van der Waals surface area contributed by atoms with Crippen LogP contribution in [0, 0.1) is 0 Å². The van der Waals surface area contributed by atoms with Crippen LogP contribution in [-0.2, 0) is 14.8 Å². The molecule has 1 amide bonds. The highest BCUT2D eigenvalue weighted by Gasteiger charge is 2.21. The van der Waals surface area contributed by atoms with E-state index in [1.165, 1.54) is 26.2 Å². The van der Waals surface area contributed by atoms with Crippen molar-refractivity contribution in [1.82, 2.24) is 15.0 Å². The zero-order chi connectivity index (χ0) is 15.2. The first-order valence-corrected chi connectivity index (χ1v) is 7.83. The molecule has 0 saturated carbocycles. The zero-order valence-electron chi connectivity index (χ0n) is 11.8. The van der Waals surface area contributed by atoms with Crippen molar-refractivity contribution >= 4 is 21.7 Å². The summed E-state index contributed by atoms with van der Waals surface area (Å²) in [5.41, 5.74) is 0. The average molecular weight is 300 g/mol. The van der Waals surface area contributed by atoms with Crippen LogP contribution in [-0.4, -0.2) is 38.9 Å². The fourth-order valence-corrected chi connectivity index (χ4v) is 2.61. The second-order valence-corrected chi connectivity index (χ2v) is 5.98. The summed E-state index contributed by atoms with van der Waals surface area (Å²) in [5, 5.41) is 5.43. The lowest BCUT2D eigenvalue weighted by molar-refractivity contribution is -0.121. The van der Waals surface area contributed by atoms with Crippen LogP contribution in [0.15, 0.2) is 23.2 Å². The molecular formula is C12H20N4O3S. The number of nitrogens with zero attached hydrogens (tertiary/aromatic N) is 1. The van der Waals surface area contributed by atoms with E-state index >= 15 is 0 Å². The molecular weight excluding hydrogens is 280 g/mol. The zero-order valence-corrected chi connectivity index (χ0v) is 12.6. The van der Waals surface area contributed by atoms with E-state index in [2.05, 4.69) is 20.3 Å². The van der Waals surface area contributed by atoms with Gasteiger partial charge in [0.05, 0.1) is 6.04 Å². The number of pyridine rings is 1. The van der Waals surface area contributed by atoms with Gasteiger partial charge in [0.25, 0.3) is 0 Å². The summed E-state index contributed by atoms with van der Waals surface area (Å²) < 4.78 is 26.4. The number of carbonyl (C=O) groups excluding carboxylic acids is 1. The van der Waals surface area contributed by atoms with Gasteiger partial charge >= 0.3 is 0 Å². The van der Waals surface area contributed by atoms with Crippen LogP contribution in [0.5, 0.6) is 0 Å². The minimum absolute atomic E-state index is 0.0234. The molecule has 1 atom stereocenters. The highest BCUT2D eigenvalue weighted by Crippen LogP contribution is 2.11. The Kier molecular flexibility index (Phi) is 5.90. The second kappa shape index (κ2) is 7.20. The Morgan fingerprint density at radius 3 is 2.60 bits per heavy atom. The molecule has 0 aliphatic rings. The normalized spacial score (nSPS) is 12.8. The van der Waals surface area contributed by atoms with Crippen LogP contribution in [0.4, 0.5) is 5.82 Å². The Balaban J connectivity index is 2.80. The fourth-order valence-electron chi connectivity index (χ4n) is 1.47. The van der Waals surface area contributed by atoms with Gasteiger partial charge in [-0.1, -0.05) is 6.92 Å². The van der Waals surface area contributed by atoms with Crippen molar-refractivity contribution in [2.45, 2.75) is 31.2 Å². The first-order chi connectivity index (χ1) is 9.40. The van der Waals surface area contributed by atoms with Gasteiger partial charge in [-0.15, -0.1) is 0 Å². The Labute approximate surface area is 119 Å². The number of amides is 1. The standard InChI is InChI=1S/C12H20N4O3S/c1-4-7-14-11-6-5-10(8-15-11)20(18,19)16-9(2)12(17)13-3/h5-6,8-9,16H,4,7H2,1-3H3,(H,13,17)(H,14,15). The van der Waals surface area contributed by atoms with E-state index < -0.39 is 22.0 Å². The highest BCUT2D eigenvalue weighted by molar-refractivity contribution is 7.89. The van der Waals surface area contributed by atoms with Gasteiger partial charge in [0.1, 0.15) is 10.7 Å². The minimum Gasteiger partial charge on any atom is -0.370 e. The molecule has 0 aliphatic carbocycles. The van der Waals surface area contributed by atoms with E-state index in [4.69, 9.17) is 0 Å². The Morgan fingerprint density at radius 1 is 1.40 bits per heavy atom. The number of hydrogen-bond acceptors (Lipinski definition) is 5. The number of nitrogens with one attached hydrogen (secondary N) is 3. The number of carbonyl (C=O) groups is 1. The van der Waals surface area contributed by atoms with Gasteiger partial charge in [-0.05, 0) is 25.5 Å². The molecule has 3 N–H and O–H groups in total. The Bertz CT molecular complexity index is 542. The molecule has 0 bridgehead atoms. The van der Waals surface area contributed by atoms with Gasteiger partial charge < -0.3 is 10.6 Å². The minimum atomic E-state index is -3.75. The predicted octanol–water partition coefficient (Wildman–Crippen LogP) is 0.316. The summed E-state index contributed by atoms with van der Waals surface area (Å²) in [5.74, 6) is 0.216. The average Bonchev–Trinajstić information content (AvgIpc) is 2.44. The first kappa shape index (κ1) is 16.4. The van der Waals surface area contributed by atoms with Gasteiger partial charge in [0.15, 0.2) is 0 Å². The van der Waals surface area contributed by atoms with Crippen molar-refractivity contribution in [3.05, 3.63) is 18.3 Å². The lowest BCUT2D eigenvalue weighted by Crippen LogP contribution is -2.43. The molecule has 1 heterocycles. The molecule has 0 aromatic carbocycles. The van der Waals surface area contributed by atoms with Crippen LogP contribution < -0.4 is 15.4 Å². The third-order valence-electron chi connectivity index (χ3n) is 2.57. The molecule has 112 valence electrons. The van der Waals surface area contributed by atoms with Crippen LogP contribution in [0.3, 0.4) is 0 Å². The summed E-state index contributed by atoms with van der Waals surface area (Å²) in [6.45, 7) is 4.27. The van der Waals surface area contributed by atoms with E-state index in [1.807, 2.05) is 6.92 Å². The van der Waals surface area contributed by atoms with Gasteiger partial charge in [-0.3, -0.25) is 4.79 Å². The third-order valence-corrected chi connectivity index (χ3v) is 4.10. The van der Waals surface area contributed by atoms with Crippen molar-refractivity contribution in [1.29, 1.82) is 0 Å². The maximum absolute atomic E-state index is 12.0. The van der Waals surface area contributed by atoms with Crippen molar-refractivity contribution in [3.63, 3.8) is 0 Å². The van der Waals surface area contributed by atoms with Crippen LogP contribution in [0.2, 0.25) is 0 Å². The fraction of sp³-hybridized carbons (Fsp3) is 0.500. The monoisotopic (exact) mass is 300 g/mol. The SMILES string of the molecule is CCCNc1ccc(S(=O)(=O)NC(C)C(=O)NC)cn1. The summed E-state index contributed by atoms with van der Waals surface area (Å²) in [6, 6.07) is 2.20. The van der Waals surface area contributed by atoms with Crippen LogP contribution >= 0.6 is 0 Å². The van der Waals surface area contributed by atoms with Crippen LogP contribution in [0.25, 0.3) is 0 Å². The van der Waals surface area contributed by atoms with Crippen molar-refractivity contribution in [2.24, 2.45) is 0 Å². The molecule has 1 rings (SSSR count). The second-order valence-electron chi connectivity index (χ2n) is 4.26. The summed E-state index contributed by atoms with van der Waals surface area (Å²) >= 11 is 0. The Morgan fingerprint density at radius 2 is 2.10 bits per heavy atom. The smallest absolute Gasteiger partial charge is 0.242 e. The summed E-state index contributed by atoms with van der Waals surface area (Å²) in [6.07, 6.45) is 2.21. The largest absolute Gasteiger partial charge is 0.370 e. The van der Waals surface area contributed by atoms with Crippen molar-refractivity contribution in [2.75, 3.05) is 18.9 Å². The number of hydrogen-bond donors (Lipinski definition) is 3. The van der Waals surface area contributed by atoms with E-state index in [-0.39, 0.29) is 4.90 Å². The van der Waals surface area contributed by atoms with E-state index in [0.29, 0.717) is 5.82 Å². The predicted molar refractivity (Wildman–Crippen MR) is 76.9 cm³/mol. The molecule has 1 aromatic heterocycles. The summed E-state index contributed by atoms with van der Waals surface area (Å²) in [4.78, 5) is 15.4. The lowest BCUT2D eigenvalue weighted by Gasteiger charge is -2.13. The van der Waals surface area contributed by atoms with Gasteiger partial charge in [0, 0.05) is 19.8 Å². The van der Waals surface area contributed by atoms with Gasteiger partial charge in [-0.25, -0.2) is 13.4 Å². The number of anilines is 1. The highest BCUT2D eigenvalue weighted by atomic mass is 32.2. The molecule has 1 unspecified atom stereocenters. The van der Waals surface area contributed by atoms with Crippen molar-refractivity contribution < 1.29 is 13.2 Å². The number of likely N-dealkylation sites (N-methyl/N-ethyl adjacent to an activating group) is 1. The summed E-state index contributed by atoms with van der Waals surface area (Å²) in [7, 11) is -2.31. The van der Waals surface area contributed by atoms with E-state index in [9.17, 15) is 13.2 Å². The molecule has 8 heteroatoms. The van der Waals surface area contributed by atoms with Gasteiger partial charge in [0.2, 0.25) is 15.9 Å². The molecule has 1 aromatic rings. The van der Waals surface area contributed by atoms with Gasteiger partial charge in [-0.2, -0.15) is 4.72 Å². The maximum Gasteiger partial charge on any atom is 0.242 e. The maximum atomic E-state index is 12.0. The van der Waals surface area contributed by atoms with E-state index in [0.717, 1.165) is 13.0 Å². The Hall–Kier alpha value is -1.67. The van der Waals surface area contributed by atoms with E-state index in [1.54, 1.807) is 6.07 Å². The lowest BCUT2D eigenvalue weighted by atomic mass is 10.3. The van der Waals surface area contributed by atoms with Crippen molar-refractivity contribution in [3.8, 4) is 0 Å². The quantitative estimate of drug-likeness (QED) is 0.673. The molecule has 0 spiro atoms. The number of rotatable bonds is 7. The third kappa shape index (κ3) is 4.46. The number of aromatic nitrogens is 1. The molecule has 7 nitrogen and oxygen atoms in total. The van der Waals surface area contributed by atoms with Crippen LogP contribution in [0.1, 0.15) is 20.3 Å².